The van der Waals surface area contributed by atoms with Crippen LogP contribution in [0.1, 0.15) is 84.5 Å². The third kappa shape index (κ3) is 15.2. The number of hydrogen-bond acceptors (Lipinski definition) is 4. The van der Waals surface area contributed by atoms with E-state index in [0.29, 0.717) is 13.2 Å². The van der Waals surface area contributed by atoms with Gasteiger partial charge >= 0.3 is 11.9 Å². The lowest BCUT2D eigenvalue weighted by Crippen LogP contribution is -2.11. The molecule has 0 aliphatic carbocycles. The number of carbonyl (C=O) groups is 2. The molecule has 0 aliphatic heterocycles. The highest BCUT2D eigenvalue weighted by atomic mass is 16.5. The number of unbranched alkanes of at least 4 members (excludes halogenated alkanes) is 7. The first-order valence-electron chi connectivity index (χ1n) is 8.52. The highest BCUT2D eigenvalue weighted by Crippen LogP contribution is 2.05. The van der Waals surface area contributed by atoms with Gasteiger partial charge in [0.1, 0.15) is 0 Å². The van der Waals surface area contributed by atoms with E-state index in [1.165, 1.54) is 25.7 Å². The van der Waals surface area contributed by atoms with Crippen LogP contribution in [0, 0.1) is 0 Å². The van der Waals surface area contributed by atoms with Crippen molar-refractivity contribution < 1.29 is 19.1 Å². The molecule has 0 spiro atoms. The number of carbonyl (C=O) groups excluding carboxylic acids is 2. The van der Waals surface area contributed by atoms with Gasteiger partial charge in [0.05, 0.1) is 26.1 Å². The van der Waals surface area contributed by atoms with E-state index in [-0.39, 0.29) is 24.8 Å². The average molecular weight is 300 g/mol. The van der Waals surface area contributed by atoms with Gasteiger partial charge in [-0.3, -0.25) is 9.59 Å². The number of rotatable bonds is 14. The van der Waals surface area contributed by atoms with Crippen molar-refractivity contribution in [3.63, 3.8) is 0 Å². The predicted octanol–water partition coefficient (Wildman–Crippen LogP) is 4.40. The Labute approximate surface area is 129 Å². The number of ether oxygens (including phenoxy) is 2. The Kier molecular flexibility index (Phi) is 14.6. The Hall–Kier alpha value is -1.06. The number of esters is 2. The summed E-state index contributed by atoms with van der Waals surface area (Å²) in [5.41, 5.74) is 0. The summed E-state index contributed by atoms with van der Waals surface area (Å²) in [6.07, 6.45) is 10.3. The van der Waals surface area contributed by atoms with Crippen LogP contribution in [0.5, 0.6) is 0 Å². The minimum Gasteiger partial charge on any atom is -0.466 e. The van der Waals surface area contributed by atoms with Crippen molar-refractivity contribution in [2.75, 3.05) is 13.2 Å². The molecule has 0 aliphatic rings. The molecule has 0 heterocycles. The van der Waals surface area contributed by atoms with E-state index in [4.69, 9.17) is 9.47 Å². The lowest BCUT2D eigenvalue weighted by atomic mass is 10.1. The lowest BCUT2D eigenvalue weighted by molar-refractivity contribution is -0.150. The molecule has 21 heavy (non-hydrogen) atoms. The molecule has 4 nitrogen and oxygen atoms in total. The van der Waals surface area contributed by atoms with Gasteiger partial charge in [0.2, 0.25) is 0 Å². The van der Waals surface area contributed by atoms with E-state index in [2.05, 4.69) is 13.8 Å². The zero-order valence-corrected chi connectivity index (χ0v) is 13.8. The molecule has 124 valence electrons. The minimum absolute atomic E-state index is 0.126. The molecule has 0 bridgehead atoms. The Morgan fingerprint density at radius 2 is 1.00 bits per heavy atom. The van der Waals surface area contributed by atoms with Gasteiger partial charge in [-0.05, 0) is 12.8 Å². The van der Waals surface area contributed by atoms with E-state index in [0.717, 1.165) is 32.1 Å². The first kappa shape index (κ1) is 19.9. The molecular weight excluding hydrogens is 268 g/mol. The Morgan fingerprint density at radius 3 is 1.52 bits per heavy atom. The van der Waals surface area contributed by atoms with Crippen molar-refractivity contribution in [1.29, 1.82) is 0 Å². The summed E-state index contributed by atoms with van der Waals surface area (Å²) in [4.78, 5) is 22.8. The predicted molar refractivity (Wildman–Crippen MR) is 84.1 cm³/mol. The summed E-state index contributed by atoms with van der Waals surface area (Å²) in [5, 5.41) is 0. The van der Waals surface area contributed by atoms with Gasteiger partial charge in [0, 0.05) is 0 Å². The van der Waals surface area contributed by atoms with Gasteiger partial charge in [-0.1, -0.05) is 58.8 Å². The second-order valence-electron chi connectivity index (χ2n) is 5.42. The van der Waals surface area contributed by atoms with Gasteiger partial charge in [0.25, 0.3) is 0 Å². The van der Waals surface area contributed by atoms with E-state index >= 15 is 0 Å². The largest absolute Gasteiger partial charge is 0.466 e. The third-order valence-corrected chi connectivity index (χ3v) is 3.31. The molecule has 0 saturated carbocycles. The van der Waals surface area contributed by atoms with Gasteiger partial charge in [-0.2, -0.15) is 0 Å². The molecule has 0 atom stereocenters. The normalized spacial score (nSPS) is 10.4. The molecule has 0 aromatic heterocycles. The van der Waals surface area contributed by atoms with Crippen LogP contribution in [0.3, 0.4) is 0 Å². The smallest absolute Gasteiger partial charge is 0.306 e. The van der Waals surface area contributed by atoms with Crippen molar-refractivity contribution in [2.45, 2.75) is 84.5 Å². The van der Waals surface area contributed by atoms with Gasteiger partial charge in [0.15, 0.2) is 0 Å². The van der Waals surface area contributed by atoms with Gasteiger partial charge in [-0.25, -0.2) is 0 Å². The van der Waals surface area contributed by atoms with Crippen molar-refractivity contribution in [1.82, 2.24) is 0 Å². The Morgan fingerprint density at radius 1 is 0.619 bits per heavy atom. The molecule has 0 N–H and O–H groups in total. The van der Waals surface area contributed by atoms with Crippen molar-refractivity contribution >= 4 is 11.9 Å². The fourth-order valence-electron chi connectivity index (χ4n) is 1.95. The fourth-order valence-corrected chi connectivity index (χ4v) is 1.95. The lowest BCUT2D eigenvalue weighted by Gasteiger charge is -2.06. The summed E-state index contributed by atoms with van der Waals surface area (Å²) < 4.78 is 10.1. The molecule has 0 unspecified atom stereocenters. The van der Waals surface area contributed by atoms with Crippen molar-refractivity contribution in [3.8, 4) is 0 Å². The second-order valence-corrected chi connectivity index (χ2v) is 5.42. The fraction of sp³-hybridized carbons (Fsp3) is 0.882. The molecule has 0 radical (unpaired) electrons. The summed E-state index contributed by atoms with van der Waals surface area (Å²) >= 11 is 0. The summed E-state index contributed by atoms with van der Waals surface area (Å²) in [6.45, 7) is 5.22. The van der Waals surface area contributed by atoms with Gasteiger partial charge < -0.3 is 9.47 Å². The van der Waals surface area contributed by atoms with Crippen LogP contribution in [0.15, 0.2) is 0 Å². The molecule has 0 rings (SSSR count). The standard InChI is InChI=1S/C17H32O4/c1-3-5-7-8-9-11-15-21-17(19)13-12-16(18)20-14-10-6-4-2/h3-15H2,1-2H3. The maximum Gasteiger partial charge on any atom is 0.306 e. The SMILES string of the molecule is CCCCCCCCOC(=O)CCC(=O)OCCCCC. The van der Waals surface area contributed by atoms with Crippen LogP contribution in [0.25, 0.3) is 0 Å². The highest BCUT2D eigenvalue weighted by molar-refractivity contribution is 5.77. The second kappa shape index (κ2) is 15.3. The molecule has 0 aromatic carbocycles. The molecule has 4 heteroatoms. The maximum atomic E-state index is 11.4. The van der Waals surface area contributed by atoms with Crippen LogP contribution in [0.2, 0.25) is 0 Å². The minimum atomic E-state index is -0.303. The zero-order valence-electron chi connectivity index (χ0n) is 13.8. The topological polar surface area (TPSA) is 52.6 Å². The molecule has 0 amide bonds. The van der Waals surface area contributed by atoms with Crippen LogP contribution >= 0.6 is 0 Å². The monoisotopic (exact) mass is 300 g/mol. The first-order valence-corrected chi connectivity index (χ1v) is 8.52. The van der Waals surface area contributed by atoms with Crippen LogP contribution in [-0.2, 0) is 19.1 Å². The maximum absolute atomic E-state index is 11.4. The summed E-state index contributed by atoms with van der Waals surface area (Å²) in [7, 11) is 0. The highest BCUT2D eigenvalue weighted by Gasteiger charge is 2.08. The quantitative estimate of drug-likeness (QED) is 0.352. The summed E-state index contributed by atoms with van der Waals surface area (Å²) in [5.74, 6) is -0.600. The van der Waals surface area contributed by atoms with E-state index < -0.39 is 0 Å². The van der Waals surface area contributed by atoms with Gasteiger partial charge in [-0.15, -0.1) is 0 Å². The zero-order chi connectivity index (χ0) is 15.8. The molecule has 0 saturated heterocycles. The Balaban J connectivity index is 3.35. The van der Waals surface area contributed by atoms with Crippen LogP contribution in [0.4, 0.5) is 0 Å². The molecular formula is C17H32O4. The molecule has 0 aromatic rings. The van der Waals surface area contributed by atoms with Crippen molar-refractivity contribution in [3.05, 3.63) is 0 Å². The average Bonchev–Trinajstić information content (AvgIpc) is 2.48. The van der Waals surface area contributed by atoms with E-state index in [9.17, 15) is 9.59 Å². The molecule has 0 fully saturated rings. The van der Waals surface area contributed by atoms with E-state index in [1.54, 1.807) is 0 Å². The van der Waals surface area contributed by atoms with Crippen LogP contribution < -0.4 is 0 Å². The van der Waals surface area contributed by atoms with Crippen LogP contribution in [-0.4, -0.2) is 25.2 Å². The number of hydrogen-bond donors (Lipinski definition) is 0. The Bertz CT molecular complexity index is 264. The third-order valence-electron chi connectivity index (χ3n) is 3.31. The van der Waals surface area contributed by atoms with Crippen molar-refractivity contribution in [2.24, 2.45) is 0 Å². The van der Waals surface area contributed by atoms with E-state index in [1.807, 2.05) is 0 Å². The summed E-state index contributed by atoms with van der Waals surface area (Å²) in [6, 6.07) is 0. The first-order chi connectivity index (χ1) is 10.2.